The van der Waals surface area contributed by atoms with Crippen molar-refractivity contribution in [2.75, 3.05) is 38.2 Å². The van der Waals surface area contributed by atoms with Gasteiger partial charge in [0.2, 0.25) is 0 Å². The fraction of sp³-hybridized carbons (Fsp3) is 0.682. The smallest absolute Gasteiger partial charge is 0.423 e. The van der Waals surface area contributed by atoms with Crippen molar-refractivity contribution in [3.8, 4) is 0 Å². The van der Waals surface area contributed by atoms with E-state index in [-0.39, 0.29) is 51.4 Å². The number of carbonyl (C=O) groups excluding carboxylic acids is 1. The van der Waals surface area contributed by atoms with E-state index in [9.17, 15) is 13.2 Å². The topological polar surface area (TPSA) is 89.8 Å². The zero-order valence-electron chi connectivity index (χ0n) is 18.4. The van der Waals surface area contributed by atoms with Crippen LogP contribution in [0.25, 0.3) is 4.72 Å². The van der Waals surface area contributed by atoms with Crippen LogP contribution >= 0.6 is 0 Å². The first-order chi connectivity index (χ1) is 14.5. The Labute approximate surface area is 227 Å². The summed E-state index contributed by atoms with van der Waals surface area (Å²) in [5.74, 6) is 0.588. The third-order valence-corrected chi connectivity index (χ3v) is 8.70. The van der Waals surface area contributed by atoms with Gasteiger partial charge in [0.25, 0.3) is 0 Å². The van der Waals surface area contributed by atoms with Gasteiger partial charge in [-0.15, -0.1) is 0 Å². The molecule has 2 saturated heterocycles. The van der Waals surface area contributed by atoms with Crippen molar-refractivity contribution in [1.29, 1.82) is 0 Å². The Morgan fingerprint density at radius 2 is 1.81 bits per heavy atom. The number of amides is 2. The fourth-order valence-electron chi connectivity index (χ4n) is 5.36. The number of anilines is 1. The second-order valence-electron chi connectivity index (χ2n) is 9.17. The molecule has 5 rings (SSSR count). The van der Waals surface area contributed by atoms with Gasteiger partial charge in [0, 0.05) is 26.3 Å². The monoisotopic (exact) mass is 471 g/mol. The van der Waals surface area contributed by atoms with E-state index in [1.807, 2.05) is 0 Å². The van der Waals surface area contributed by atoms with Gasteiger partial charge >= 0.3 is 51.4 Å². The van der Waals surface area contributed by atoms with Crippen LogP contribution in [-0.2, 0) is 40.4 Å². The molecule has 0 aromatic heterocycles. The SMILES string of the molecule is O=C([N-]S(=O)(=O)C1CN(CCC2CCOC2)C1)Nc1c2c(cc3c1CCC3)CCC2.[K+]. The summed E-state index contributed by atoms with van der Waals surface area (Å²) in [5, 5.41) is 2.29. The molecule has 0 saturated carbocycles. The van der Waals surface area contributed by atoms with Crippen molar-refractivity contribution in [1.82, 2.24) is 4.90 Å². The number of urea groups is 1. The molecule has 2 fully saturated rings. The van der Waals surface area contributed by atoms with Gasteiger partial charge in [0.05, 0.1) is 5.25 Å². The minimum atomic E-state index is -3.79. The molecule has 31 heavy (non-hydrogen) atoms. The second-order valence-corrected chi connectivity index (χ2v) is 11.0. The first kappa shape index (κ1) is 24.1. The Morgan fingerprint density at radius 1 is 1.13 bits per heavy atom. The van der Waals surface area contributed by atoms with Gasteiger partial charge in [-0.25, -0.2) is 8.42 Å². The van der Waals surface area contributed by atoms with Crippen LogP contribution in [0, 0.1) is 5.92 Å². The van der Waals surface area contributed by atoms with E-state index in [4.69, 9.17) is 4.74 Å². The Kier molecular flexibility index (Phi) is 7.85. The molecule has 2 aliphatic carbocycles. The number of hydrogen-bond donors (Lipinski definition) is 1. The Balaban J connectivity index is 0.00000231. The van der Waals surface area contributed by atoms with Crippen LogP contribution in [0.3, 0.4) is 0 Å². The van der Waals surface area contributed by atoms with Gasteiger partial charge in [-0.05, 0) is 91.8 Å². The van der Waals surface area contributed by atoms with Gasteiger partial charge in [-0.3, -0.25) is 4.79 Å². The summed E-state index contributed by atoms with van der Waals surface area (Å²) in [4.78, 5) is 14.7. The number of likely N-dealkylation sites (tertiary alicyclic amines) is 1. The largest absolute Gasteiger partial charge is 1.00 e. The molecule has 1 N–H and O–H groups in total. The third-order valence-electron chi connectivity index (χ3n) is 7.14. The Bertz CT molecular complexity index is 908. The van der Waals surface area contributed by atoms with Gasteiger partial charge < -0.3 is 19.7 Å². The summed E-state index contributed by atoms with van der Waals surface area (Å²) in [6.07, 6.45) is 8.25. The van der Waals surface area contributed by atoms with Crippen molar-refractivity contribution >= 4 is 21.7 Å². The number of carbonyl (C=O) groups is 1. The van der Waals surface area contributed by atoms with Crippen LogP contribution in [0.5, 0.6) is 0 Å². The minimum absolute atomic E-state index is 0. The summed E-state index contributed by atoms with van der Waals surface area (Å²) in [7, 11) is -3.79. The van der Waals surface area contributed by atoms with Crippen LogP contribution in [-0.4, -0.2) is 57.4 Å². The van der Waals surface area contributed by atoms with Crippen molar-refractivity contribution in [3.63, 3.8) is 0 Å². The molecule has 0 spiro atoms. The summed E-state index contributed by atoms with van der Waals surface area (Å²) >= 11 is 0. The molecule has 2 amide bonds. The molecular formula is C22H30KN3O4S. The van der Waals surface area contributed by atoms with Gasteiger partial charge in [-0.1, -0.05) is 6.07 Å². The average molecular weight is 472 g/mol. The molecule has 0 radical (unpaired) electrons. The van der Waals surface area contributed by atoms with Crippen LogP contribution in [0.1, 0.15) is 47.9 Å². The maximum atomic E-state index is 12.6. The maximum absolute atomic E-state index is 12.6. The predicted octanol–water partition coefficient (Wildman–Crippen LogP) is 0.0142. The molecule has 1 aromatic rings. The predicted molar refractivity (Wildman–Crippen MR) is 116 cm³/mol. The number of sulfonamides is 1. The van der Waals surface area contributed by atoms with E-state index in [0.717, 1.165) is 76.8 Å². The van der Waals surface area contributed by atoms with Gasteiger partial charge in [0.15, 0.2) is 16.1 Å². The number of hydrogen-bond acceptors (Lipinski definition) is 5. The summed E-state index contributed by atoms with van der Waals surface area (Å²) in [6.45, 7) is 3.46. The zero-order chi connectivity index (χ0) is 20.7. The average Bonchev–Trinajstić information content (AvgIpc) is 3.40. The number of aryl methyl sites for hydroxylation is 2. The molecule has 2 heterocycles. The second kappa shape index (κ2) is 10.1. The third kappa shape index (κ3) is 5.24. The number of nitrogens with zero attached hydrogens (tertiary/aromatic N) is 2. The van der Waals surface area contributed by atoms with E-state index in [1.165, 1.54) is 22.3 Å². The minimum Gasteiger partial charge on any atom is -0.423 e. The first-order valence-corrected chi connectivity index (χ1v) is 12.7. The molecule has 0 bridgehead atoms. The molecule has 7 nitrogen and oxygen atoms in total. The van der Waals surface area contributed by atoms with Crippen molar-refractivity contribution in [2.24, 2.45) is 5.92 Å². The maximum Gasteiger partial charge on any atom is 1.00 e. The van der Waals surface area contributed by atoms with Gasteiger partial charge in [-0.2, -0.15) is 0 Å². The molecular weight excluding hydrogens is 441 g/mol. The van der Waals surface area contributed by atoms with Crippen LogP contribution < -0.4 is 56.7 Å². The number of rotatable bonds is 6. The normalized spacial score (nSPS) is 23.0. The molecule has 2 aliphatic heterocycles. The number of nitrogens with one attached hydrogen (secondary N) is 1. The Hall–Kier alpha value is -0.00364. The van der Waals surface area contributed by atoms with Crippen molar-refractivity contribution < 1.29 is 69.3 Å². The zero-order valence-corrected chi connectivity index (χ0v) is 22.3. The van der Waals surface area contributed by atoms with Crippen molar-refractivity contribution in [3.05, 3.63) is 33.0 Å². The molecule has 1 aromatic carbocycles. The number of ether oxygens (including phenoxy) is 1. The van der Waals surface area contributed by atoms with Crippen LogP contribution in [0.2, 0.25) is 0 Å². The molecule has 4 aliphatic rings. The molecule has 1 atom stereocenters. The summed E-state index contributed by atoms with van der Waals surface area (Å²) in [6, 6.07) is 1.54. The van der Waals surface area contributed by atoms with Crippen LogP contribution in [0.4, 0.5) is 10.5 Å². The quantitative estimate of drug-likeness (QED) is 0.591. The van der Waals surface area contributed by atoms with E-state index in [2.05, 4.69) is 21.0 Å². The first-order valence-electron chi connectivity index (χ1n) is 11.2. The summed E-state index contributed by atoms with van der Waals surface area (Å²) in [5.41, 5.74) is 5.81. The van der Waals surface area contributed by atoms with E-state index in [1.54, 1.807) is 0 Å². The fourth-order valence-corrected chi connectivity index (χ4v) is 6.58. The molecule has 1 unspecified atom stereocenters. The number of benzene rings is 1. The van der Waals surface area contributed by atoms with E-state index in [0.29, 0.717) is 19.0 Å². The Morgan fingerprint density at radius 3 is 2.42 bits per heavy atom. The number of fused-ring (bicyclic) bond motifs is 2. The van der Waals surface area contributed by atoms with E-state index < -0.39 is 21.3 Å². The van der Waals surface area contributed by atoms with E-state index >= 15 is 0 Å². The van der Waals surface area contributed by atoms with Gasteiger partial charge in [0.1, 0.15) is 0 Å². The van der Waals surface area contributed by atoms with Crippen molar-refractivity contribution in [2.45, 2.75) is 56.6 Å². The molecule has 9 heteroatoms. The molecule has 164 valence electrons. The summed E-state index contributed by atoms with van der Waals surface area (Å²) < 4.78 is 34.2. The van der Waals surface area contributed by atoms with Crippen LogP contribution in [0.15, 0.2) is 6.07 Å². The standard InChI is InChI=1S/C22H31N3O4S.K/c26-22(23-21-19-5-1-3-16(19)11-17-4-2-6-20(17)21)24-30(27,28)18-12-25(13-18)9-7-15-8-10-29-14-15;/h11,15,18H,1-10,12-14H2,(H2,23,24,26);/q;+1/p-1.